The molecule has 1 aliphatic heterocycles. The summed E-state index contributed by atoms with van der Waals surface area (Å²) in [6.45, 7) is 11.2. The number of benzene rings is 2. The number of ether oxygens (including phenoxy) is 3. The Bertz CT molecular complexity index is 1230. The van der Waals surface area contributed by atoms with E-state index in [1.807, 2.05) is 24.9 Å². The highest BCUT2D eigenvalue weighted by Gasteiger charge is 2.35. The van der Waals surface area contributed by atoms with Gasteiger partial charge in [-0.05, 0) is 49.4 Å². The number of amidine groups is 1. The maximum Gasteiger partial charge on any atom is 0.197 e. The van der Waals surface area contributed by atoms with Crippen molar-refractivity contribution in [1.82, 2.24) is 4.90 Å². The molecule has 0 aliphatic carbocycles. The molecule has 0 fully saturated rings. The van der Waals surface area contributed by atoms with Crippen molar-refractivity contribution in [3.05, 3.63) is 46.3 Å². The summed E-state index contributed by atoms with van der Waals surface area (Å²) >= 11 is 5.95. The topological polar surface area (TPSA) is 83.8 Å². The van der Waals surface area contributed by atoms with Gasteiger partial charge in [0.05, 0.1) is 38.1 Å². The van der Waals surface area contributed by atoms with Crippen LogP contribution in [-0.2, 0) is 12.0 Å². The molecule has 0 aromatic heterocycles. The van der Waals surface area contributed by atoms with Gasteiger partial charge in [-0.2, -0.15) is 4.51 Å². The van der Waals surface area contributed by atoms with Crippen molar-refractivity contribution >= 4 is 29.1 Å². The molecule has 2 aromatic rings. The van der Waals surface area contributed by atoms with Crippen molar-refractivity contribution in [3.63, 3.8) is 0 Å². The number of carbonyl (C=O) groups is 1. The first-order valence-corrected chi connectivity index (χ1v) is 13.5. The lowest BCUT2D eigenvalue weighted by molar-refractivity contribution is 0.0963. The third-order valence-electron chi connectivity index (χ3n) is 6.62. The summed E-state index contributed by atoms with van der Waals surface area (Å²) in [5.74, 6) is 0.375. The number of fused-ring (bicyclic) bond motifs is 1. The van der Waals surface area contributed by atoms with E-state index < -0.39 is 5.82 Å². The minimum Gasteiger partial charge on any atom is -0.494 e. The largest absolute Gasteiger partial charge is 0.494 e. The number of aliphatic hydroxyl groups is 1. The second-order valence-electron chi connectivity index (χ2n) is 10.4. The maximum absolute atomic E-state index is 15.6. The fourth-order valence-corrected chi connectivity index (χ4v) is 4.95. The van der Waals surface area contributed by atoms with Crippen molar-refractivity contribution in [2.75, 3.05) is 52.0 Å². The van der Waals surface area contributed by atoms with Crippen molar-refractivity contribution in [1.29, 1.82) is 0 Å². The number of ketones is 1. The zero-order valence-corrected chi connectivity index (χ0v) is 24.6. The number of methoxy groups -OCH3 is 1. The maximum atomic E-state index is 15.6. The highest BCUT2D eigenvalue weighted by molar-refractivity contribution is 6.23. The standard InChI is InChI=1S/C29H39ClFN3O5/c1-8-38-23-15-19-16-34(28(32-30)24(19)25(31)27(23)39-9-2)17-22(36)18-13-20(29(3,4)5)26(37-7)21(14-18)33(6)11-10-12-35/h13-15,35H,8-12,16-17H2,1-7H3. The molecule has 2 aromatic carbocycles. The lowest BCUT2D eigenvalue weighted by Gasteiger charge is -2.29. The van der Waals surface area contributed by atoms with Gasteiger partial charge in [-0.1, -0.05) is 20.8 Å². The van der Waals surface area contributed by atoms with Crippen LogP contribution in [0.3, 0.4) is 0 Å². The van der Waals surface area contributed by atoms with Gasteiger partial charge in [0.1, 0.15) is 5.75 Å². The highest BCUT2D eigenvalue weighted by atomic mass is 35.5. The molecule has 0 bridgehead atoms. The van der Waals surface area contributed by atoms with E-state index in [0.29, 0.717) is 42.2 Å². The zero-order valence-electron chi connectivity index (χ0n) is 23.9. The Kier molecular flexibility index (Phi) is 10.1. The minimum absolute atomic E-state index is 0.00428. The molecule has 3 rings (SSSR count). The van der Waals surface area contributed by atoms with Gasteiger partial charge in [0.25, 0.3) is 0 Å². The quantitative estimate of drug-likeness (QED) is 0.349. The predicted molar refractivity (Wildman–Crippen MR) is 153 cm³/mol. The first kappa shape index (κ1) is 30.5. The average molecular weight is 564 g/mol. The molecule has 39 heavy (non-hydrogen) atoms. The van der Waals surface area contributed by atoms with Crippen LogP contribution in [0.1, 0.15) is 68.1 Å². The minimum atomic E-state index is -0.612. The average Bonchev–Trinajstić information content (AvgIpc) is 3.25. The molecule has 0 radical (unpaired) electrons. The second-order valence-corrected chi connectivity index (χ2v) is 10.6. The molecule has 0 saturated heterocycles. The lowest BCUT2D eigenvalue weighted by Crippen LogP contribution is -2.31. The van der Waals surface area contributed by atoms with Crippen molar-refractivity contribution in [2.24, 2.45) is 4.51 Å². The van der Waals surface area contributed by atoms with Crippen LogP contribution in [0.15, 0.2) is 22.7 Å². The molecule has 0 unspecified atom stereocenters. The number of nitrogens with zero attached hydrogens (tertiary/aromatic N) is 3. The van der Waals surface area contributed by atoms with E-state index in [1.54, 1.807) is 31.1 Å². The van der Waals surface area contributed by atoms with Crippen molar-refractivity contribution in [3.8, 4) is 17.2 Å². The van der Waals surface area contributed by atoms with E-state index in [0.717, 1.165) is 11.3 Å². The van der Waals surface area contributed by atoms with Crippen LogP contribution in [0.5, 0.6) is 17.2 Å². The number of Topliss-reactive ketones (excluding diaryl/α,β-unsaturated/α-hetero) is 1. The van der Waals surface area contributed by atoms with E-state index in [-0.39, 0.29) is 54.7 Å². The SMILES string of the molecule is CCOc1cc2c(c(F)c1OCC)C(=NCl)N(CC(=O)c1cc(N(C)CCCO)c(OC)c(C(C)(C)C)c1)C2. The Morgan fingerprint density at radius 2 is 1.87 bits per heavy atom. The van der Waals surface area contributed by atoms with Crippen LogP contribution in [0.2, 0.25) is 0 Å². The Labute approximate surface area is 235 Å². The molecule has 1 heterocycles. The lowest BCUT2D eigenvalue weighted by atomic mass is 9.84. The molecule has 1 aliphatic rings. The number of hydrogen-bond acceptors (Lipinski definition) is 7. The van der Waals surface area contributed by atoms with E-state index in [1.165, 1.54) is 0 Å². The smallest absolute Gasteiger partial charge is 0.197 e. The van der Waals surface area contributed by atoms with E-state index in [4.69, 9.17) is 26.0 Å². The zero-order chi connectivity index (χ0) is 28.9. The van der Waals surface area contributed by atoms with Crippen LogP contribution < -0.4 is 19.1 Å². The molecule has 0 atom stereocenters. The van der Waals surface area contributed by atoms with E-state index >= 15 is 4.39 Å². The molecule has 0 amide bonds. The molecule has 8 nitrogen and oxygen atoms in total. The number of rotatable bonds is 12. The van der Waals surface area contributed by atoms with Crippen LogP contribution in [0.4, 0.5) is 10.1 Å². The normalized spacial score (nSPS) is 14.0. The van der Waals surface area contributed by atoms with Crippen LogP contribution in [-0.4, -0.2) is 68.7 Å². The molecule has 10 heteroatoms. The van der Waals surface area contributed by atoms with Crippen LogP contribution in [0, 0.1) is 5.82 Å². The number of halogens is 2. The number of aliphatic hydroxyl groups excluding tert-OH is 1. The van der Waals surface area contributed by atoms with Crippen LogP contribution >= 0.6 is 11.8 Å². The van der Waals surface area contributed by atoms with Gasteiger partial charge in [0, 0.05) is 49.6 Å². The van der Waals surface area contributed by atoms with E-state index in [9.17, 15) is 9.90 Å². The first-order valence-electron chi connectivity index (χ1n) is 13.1. The van der Waals surface area contributed by atoms with Gasteiger partial charge in [-0.15, -0.1) is 0 Å². The van der Waals surface area contributed by atoms with Gasteiger partial charge in [0.2, 0.25) is 0 Å². The predicted octanol–water partition coefficient (Wildman–Crippen LogP) is 5.35. The van der Waals surface area contributed by atoms with Crippen LogP contribution in [0.25, 0.3) is 0 Å². The van der Waals surface area contributed by atoms with Gasteiger partial charge < -0.3 is 29.1 Å². The van der Waals surface area contributed by atoms with Crippen molar-refractivity contribution in [2.45, 2.75) is 53.0 Å². The number of carbonyl (C=O) groups excluding carboxylic acids is 1. The highest BCUT2D eigenvalue weighted by Crippen LogP contribution is 2.41. The summed E-state index contributed by atoms with van der Waals surface area (Å²) < 4.78 is 36.4. The van der Waals surface area contributed by atoms with Gasteiger partial charge in [-0.25, -0.2) is 4.39 Å². The molecule has 214 valence electrons. The number of hydrogen-bond donors (Lipinski definition) is 1. The summed E-state index contributed by atoms with van der Waals surface area (Å²) in [7, 11) is 3.51. The van der Waals surface area contributed by atoms with Gasteiger partial charge in [0.15, 0.2) is 28.9 Å². The molecule has 0 saturated carbocycles. The summed E-state index contributed by atoms with van der Waals surface area (Å²) in [6.07, 6.45) is 0.573. The van der Waals surface area contributed by atoms with Crippen molar-refractivity contribution < 1.29 is 28.5 Å². The summed E-state index contributed by atoms with van der Waals surface area (Å²) in [4.78, 5) is 17.4. The third kappa shape index (κ3) is 6.41. The number of anilines is 1. The molecular weight excluding hydrogens is 525 g/mol. The fourth-order valence-electron chi connectivity index (χ4n) is 4.75. The van der Waals surface area contributed by atoms with E-state index in [2.05, 4.69) is 25.3 Å². The Morgan fingerprint density at radius 1 is 1.18 bits per heavy atom. The molecular formula is C29H39ClFN3O5. The summed E-state index contributed by atoms with van der Waals surface area (Å²) in [5.41, 5.74) is 2.63. The molecule has 1 N–H and O–H groups in total. The summed E-state index contributed by atoms with van der Waals surface area (Å²) in [5, 5.41) is 9.33. The monoisotopic (exact) mass is 563 g/mol. The first-order chi connectivity index (χ1) is 18.5. The fraction of sp³-hybridized carbons (Fsp3) is 0.517. The summed E-state index contributed by atoms with van der Waals surface area (Å²) in [6, 6.07) is 5.38. The Morgan fingerprint density at radius 3 is 2.44 bits per heavy atom. The van der Waals surface area contributed by atoms with Gasteiger partial charge >= 0.3 is 0 Å². The third-order valence-corrected chi connectivity index (χ3v) is 6.78. The Hall–Kier alpha value is -3.04. The Balaban J connectivity index is 2.01. The second kappa shape index (κ2) is 12.9. The molecule has 0 spiro atoms. The van der Waals surface area contributed by atoms with Gasteiger partial charge in [-0.3, -0.25) is 4.79 Å².